The fraction of sp³-hybridized carbons (Fsp3) is 0.429. The lowest BCUT2D eigenvalue weighted by Gasteiger charge is -2.08. The van der Waals surface area contributed by atoms with E-state index in [1.165, 1.54) is 11.1 Å². The van der Waals surface area contributed by atoms with Crippen LogP contribution in [0, 0.1) is 0 Å². The monoisotopic (exact) mass is 109 g/mol. The number of rotatable bonds is 0. The van der Waals surface area contributed by atoms with Crippen molar-refractivity contribution in [1.29, 1.82) is 0 Å². The molecule has 0 aromatic heterocycles. The largest absolute Gasteiger partial charge is 0.387 e. The van der Waals surface area contributed by atoms with Crippen LogP contribution in [0.2, 0.25) is 0 Å². The van der Waals surface area contributed by atoms with Crippen LogP contribution in [0.1, 0.15) is 13.8 Å². The second-order valence-electron chi connectivity index (χ2n) is 2.12. The molecule has 0 saturated carbocycles. The molecule has 0 fully saturated rings. The first-order valence-corrected chi connectivity index (χ1v) is 2.88. The Morgan fingerprint density at radius 2 is 2.12 bits per heavy atom. The molecule has 0 saturated heterocycles. The SMILES string of the molecule is CC1=CCNC=C1C. The lowest BCUT2D eigenvalue weighted by atomic mass is 10.1. The van der Waals surface area contributed by atoms with Gasteiger partial charge >= 0.3 is 0 Å². The summed E-state index contributed by atoms with van der Waals surface area (Å²) >= 11 is 0. The average Bonchev–Trinajstić information content (AvgIpc) is 1.77. The quantitative estimate of drug-likeness (QED) is 0.496. The van der Waals surface area contributed by atoms with E-state index >= 15 is 0 Å². The second-order valence-corrected chi connectivity index (χ2v) is 2.12. The molecule has 0 amide bonds. The van der Waals surface area contributed by atoms with Gasteiger partial charge in [-0.2, -0.15) is 0 Å². The maximum Gasteiger partial charge on any atom is 0.0331 e. The summed E-state index contributed by atoms with van der Waals surface area (Å²) < 4.78 is 0. The van der Waals surface area contributed by atoms with Crippen molar-refractivity contribution in [3.8, 4) is 0 Å². The van der Waals surface area contributed by atoms with Crippen LogP contribution >= 0.6 is 0 Å². The van der Waals surface area contributed by atoms with Gasteiger partial charge in [-0.25, -0.2) is 0 Å². The maximum atomic E-state index is 3.13. The van der Waals surface area contributed by atoms with Crippen LogP contribution < -0.4 is 5.32 Å². The third kappa shape index (κ3) is 0.915. The van der Waals surface area contributed by atoms with E-state index in [0.717, 1.165) is 6.54 Å². The molecule has 44 valence electrons. The van der Waals surface area contributed by atoms with Crippen LogP contribution in [0.3, 0.4) is 0 Å². The smallest absolute Gasteiger partial charge is 0.0331 e. The van der Waals surface area contributed by atoms with Crippen molar-refractivity contribution in [3.63, 3.8) is 0 Å². The molecule has 1 heterocycles. The van der Waals surface area contributed by atoms with Gasteiger partial charge < -0.3 is 5.32 Å². The fourth-order valence-electron chi connectivity index (χ4n) is 0.699. The molecule has 0 aromatic carbocycles. The van der Waals surface area contributed by atoms with Crippen LogP contribution in [-0.2, 0) is 0 Å². The van der Waals surface area contributed by atoms with Crippen LogP contribution in [0.5, 0.6) is 0 Å². The summed E-state index contributed by atoms with van der Waals surface area (Å²) in [5, 5.41) is 3.13. The van der Waals surface area contributed by atoms with E-state index in [4.69, 9.17) is 0 Å². The van der Waals surface area contributed by atoms with Crippen molar-refractivity contribution in [1.82, 2.24) is 5.32 Å². The Kier molecular flexibility index (Phi) is 1.38. The second kappa shape index (κ2) is 2.03. The molecule has 0 radical (unpaired) electrons. The predicted octanol–water partition coefficient (Wildman–Crippen LogP) is 1.44. The molecule has 1 rings (SSSR count). The summed E-state index contributed by atoms with van der Waals surface area (Å²) in [5.41, 5.74) is 2.74. The fourth-order valence-corrected chi connectivity index (χ4v) is 0.699. The highest BCUT2D eigenvalue weighted by Crippen LogP contribution is 2.08. The van der Waals surface area contributed by atoms with E-state index < -0.39 is 0 Å². The van der Waals surface area contributed by atoms with E-state index in [0.29, 0.717) is 0 Å². The normalized spacial score (nSPS) is 18.8. The molecule has 1 heteroatoms. The number of dihydropyridines is 1. The van der Waals surface area contributed by atoms with Crippen molar-refractivity contribution in [2.75, 3.05) is 6.54 Å². The molecule has 0 aliphatic carbocycles. The first-order valence-electron chi connectivity index (χ1n) is 2.88. The lowest BCUT2D eigenvalue weighted by molar-refractivity contribution is 0.935. The predicted molar refractivity (Wildman–Crippen MR) is 35.5 cm³/mol. The van der Waals surface area contributed by atoms with Crippen molar-refractivity contribution >= 4 is 0 Å². The first kappa shape index (κ1) is 5.42. The molecule has 0 spiro atoms. The molecule has 0 atom stereocenters. The zero-order valence-electron chi connectivity index (χ0n) is 5.36. The maximum absolute atomic E-state index is 3.13. The minimum atomic E-state index is 0.989. The van der Waals surface area contributed by atoms with Gasteiger partial charge in [-0.1, -0.05) is 6.08 Å². The van der Waals surface area contributed by atoms with Gasteiger partial charge in [-0.05, 0) is 31.2 Å². The van der Waals surface area contributed by atoms with E-state index in [1.807, 2.05) is 0 Å². The van der Waals surface area contributed by atoms with Gasteiger partial charge in [-0.15, -0.1) is 0 Å². The lowest BCUT2D eigenvalue weighted by Crippen LogP contribution is -2.10. The molecule has 1 aliphatic rings. The standard InChI is InChI=1S/C7H11N/c1-6-3-4-8-5-7(6)2/h3,5,8H,4H2,1-2H3. The highest BCUT2D eigenvalue weighted by atomic mass is 14.8. The molecule has 0 bridgehead atoms. The van der Waals surface area contributed by atoms with E-state index in [9.17, 15) is 0 Å². The Balaban J connectivity index is 2.73. The van der Waals surface area contributed by atoms with Crippen molar-refractivity contribution in [3.05, 3.63) is 23.4 Å². The third-order valence-corrected chi connectivity index (χ3v) is 1.47. The highest BCUT2D eigenvalue weighted by molar-refractivity contribution is 5.29. The summed E-state index contributed by atoms with van der Waals surface area (Å²) in [6.45, 7) is 5.23. The molecule has 1 aliphatic heterocycles. The molecular weight excluding hydrogens is 98.1 g/mol. The van der Waals surface area contributed by atoms with E-state index in [-0.39, 0.29) is 0 Å². The summed E-state index contributed by atoms with van der Waals surface area (Å²) in [4.78, 5) is 0. The third-order valence-electron chi connectivity index (χ3n) is 1.47. The van der Waals surface area contributed by atoms with Gasteiger partial charge in [0.2, 0.25) is 0 Å². The van der Waals surface area contributed by atoms with E-state index in [1.54, 1.807) is 0 Å². The van der Waals surface area contributed by atoms with Crippen molar-refractivity contribution < 1.29 is 0 Å². The Labute approximate surface area is 50.1 Å². The molecule has 1 nitrogen and oxygen atoms in total. The minimum absolute atomic E-state index is 0.989. The molecule has 0 aromatic rings. The summed E-state index contributed by atoms with van der Waals surface area (Å²) in [6.07, 6.45) is 4.24. The Hall–Kier alpha value is -0.720. The number of nitrogens with one attached hydrogen (secondary N) is 1. The zero-order valence-corrected chi connectivity index (χ0v) is 5.36. The van der Waals surface area contributed by atoms with Crippen molar-refractivity contribution in [2.24, 2.45) is 0 Å². The van der Waals surface area contributed by atoms with Crippen LogP contribution in [0.25, 0.3) is 0 Å². The highest BCUT2D eigenvalue weighted by Gasteiger charge is 1.94. The summed E-state index contributed by atoms with van der Waals surface area (Å²) in [6, 6.07) is 0. The van der Waals surface area contributed by atoms with Crippen LogP contribution in [0.15, 0.2) is 23.4 Å². The zero-order chi connectivity index (χ0) is 5.98. The Morgan fingerprint density at radius 1 is 1.38 bits per heavy atom. The minimum Gasteiger partial charge on any atom is -0.387 e. The van der Waals surface area contributed by atoms with Gasteiger partial charge in [-0.3, -0.25) is 0 Å². The van der Waals surface area contributed by atoms with Gasteiger partial charge in [0.15, 0.2) is 0 Å². The van der Waals surface area contributed by atoms with Gasteiger partial charge in [0.1, 0.15) is 0 Å². The van der Waals surface area contributed by atoms with Gasteiger partial charge in [0, 0.05) is 6.54 Å². The number of allylic oxidation sites excluding steroid dienone is 2. The van der Waals surface area contributed by atoms with Crippen molar-refractivity contribution in [2.45, 2.75) is 13.8 Å². The van der Waals surface area contributed by atoms with Crippen LogP contribution in [-0.4, -0.2) is 6.54 Å². The first-order chi connectivity index (χ1) is 3.80. The average molecular weight is 109 g/mol. The van der Waals surface area contributed by atoms with Crippen LogP contribution in [0.4, 0.5) is 0 Å². The molecule has 0 unspecified atom stereocenters. The summed E-state index contributed by atoms with van der Waals surface area (Å²) in [7, 11) is 0. The number of hydrogen-bond donors (Lipinski definition) is 1. The molecular formula is C7H11N. The molecule has 8 heavy (non-hydrogen) atoms. The van der Waals surface area contributed by atoms with Gasteiger partial charge in [0.25, 0.3) is 0 Å². The van der Waals surface area contributed by atoms with E-state index in [2.05, 4.69) is 31.4 Å². The number of hydrogen-bond acceptors (Lipinski definition) is 1. The van der Waals surface area contributed by atoms with Gasteiger partial charge in [0.05, 0.1) is 0 Å². The Morgan fingerprint density at radius 3 is 2.50 bits per heavy atom. The summed E-state index contributed by atoms with van der Waals surface area (Å²) in [5.74, 6) is 0. The topological polar surface area (TPSA) is 12.0 Å². The molecule has 1 N–H and O–H groups in total. The Bertz CT molecular complexity index is 124.